The molecule has 0 fully saturated rings. The van der Waals surface area contributed by atoms with Crippen molar-refractivity contribution < 1.29 is 4.79 Å². The molecule has 0 radical (unpaired) electrons. The van der Waals surface area contributed by atoms with Gasteiger partial charge in [-0.25, -0.2) is 0 Å². The highest BCUT2D eigenvalue weighted by Gasteiger charge is 2.05. The van der Waals surface area contributed by atoms with Gasteiger partial charge in [-0.2, -0.15) is 0 Å². The number of hydrogen-bond donors (Lipinski definition) is 0. The van der Waals surface area contributed by atoms with Gasteiger partial charge >= 0.3 is 0 Å². The smallest absolute Gasteiger partial charge is 0.132 e. The van der Waals surface area contributed by atoms with Gasteiger partial charge in [-0.1, -0.05) is 45.7 Å². The second-order valence-electron chi connectivity index (χ2n) is 3.18. The van der Waals surface area contributed by atoms with Crippen molar-refractivity contribution in [2.75, 3.05) is 0 Å². The number of carbonyl (C=O) groups is 1. The summed E-state index contributed by atoms with van der Waals surface area (Å²) in [5.41, 5.74) is 0. The standard InChI is InChI=1S/C9H16Br2O/c1-7(10)3-5-9(12)6-4-8(2)11/h7-8H,3-6H2,1-2H3. The van der Waals surface area contributed by atoms with Crippen molar-refractivity contribution in [2.24, 2.45) is 0 Å². The van der Waals surface area contributed by atoms with E-state index < -0.39 is 0 Å². The van der Waals surface area contributed by atoms with Gasteiger partial charge in [0.05, 0.1) is 0 Å². The molecule has 0 spiro atoms. The molecule has 0 rings (SSSR count). The Morgan fingerprint density at radius 2 is 1.42 bits per heavy atom. The first-order valence-electron chi connectivity index (χ1n) is 4.32. The molecule has 12 heavy (non-hydrogen) atoms. The quantitative estimate of drug-likeness (QED) is 0.684. The van der Waals surface area contributed by atoms with Crippen LogP contribution in [0.25, 0.3) is 0 Å². The molecule has 3 heteroatoms. The molecule has 0 aromatic carbocycles. The van der Waals surface area contributed by atoms with Crippen molar-refractivity contribution in [2.45, 2.75) is 49.2 Å². The number of Topliss-reactive ketones (excluding diaryl/α,β-unsaturated/α-hetero) is 1. The number of ketones is 1. The predicted octanol–water partition coefficient (Wildman–Crippen LogP) is 3.68. The lowest BCUT2D eigenvalue weighted by Gasteiger charge is -2.03. The van der Waals surface area contributed by atoms with E-state index in [-0.39, 0.29) is 0 Å². The van der Waals surface area contributed by atoms with Crippen molar-refractivity contribution in [1.29, 1.82) is 0 Å². The molecule has 0 saturated carbocycles. The molecule has 0 amide bonds. The summed E-state index contributed by atoms with van der Waals surface area (Å²) in [7, 11) is 0. The lowest BCUT2D eigenvalue weighted by molar-refractivity contribution is -0.119. The Hall–Kier alpha value is 0.630. The van der Waals surface area contributed by atoms with Crippen LogP contribution in [0.3, 0.4) is 0 Å². The molecule has 72 valence electrons. The first-order valence-corrected chi connectivity index (χ1v) is 6.15. The van der Waals surface area contributed by atoms with E-state index in [1.54, 1.807) is 0 Å². The summed E-state index contributed by atoms with van der Waals surface area (Å²) in [6.45, 7) is 4.14. The minimum Gasteiger partial charge on any atom is -0.300 e. The summed E-state index contributed by atoms with van der Waals surface area (Å²) < 4.78 is 0. The van der Waals surface area contributed by atoms with Gasteiger partial charge in [0, 0.05) is 22.5 Å². The second kappa shape index (κ2) is 7.07. The minimum atomic E-state index is 0.382. The SMILES string of the molecule is CC(Br)CCC(=O)CCC(C)Br. The molecule has 1 nitrogen and oxygen atoms in total. The molecule has 0 aliphatic carbocycles. The van der Waals surface area contributed by atoms with E-state index in [0.717, 1.165) is 12.8 Å². The monoisotopic (exact) mass is 298 g/mol. The number of carbonyl (C=O) groups excluding carboxylic acids is 1. The first kappa shape index (κ1) is 12.6. The second-order valence-corrected chi connectivity index (χ2v) is 6.30. The first-order chi connectivity index (χ1) is 5.52. The summed E-state index contributed by atoms with van der Waals surface area (Å²) in [6, 6.07) is 0. The van der Waals surface area contributed by atoms with Crippen LogP contribution >= 0.6 is 31.9 Å². The van der Waals surface area contributed by atoms with Crippen LogP contribution in [0, 0.1) is 0 Å². The maximum absolute atomic E-state index is 11.2. The maximum atomic E-state index is 11.2. The molecule has 0 aromatic rings. The third-order valence-electron chi connectivity index (χ3n) is 1.64. The average molecular weight is 300 g/mol. The molecule has 0 N–H and O–H groups in total. The third kappa shape index (κ3) is 8.72. The van der Waals surface area contributed by atoms with Gasteiger partial charge in [0.15, 0.2) is 0 Å². The fraction of sp³-hybridized carbons (Fsp3) is 0.889. The summed E-state index contributed by atoms with van der Waals surface area (Å²) in [5.74, 6) is 0.382. The van der Waals surface area contributed by atoms with Crippen molar-refractivity contribution in [3.8, 4) is 0 Å². The molecule has 0 aliphatic heterocycles. The largest absolute Gasteiger partial charge is 0.300 e. The van der Waals surface area contributed by atoms with Crippen molar-refractivity contribution in [1.82, 2.24) is 0 Å². The lowest BCUT2D eigenvalue weighted by Crippen LogP contribution is -2.03. The van der Waals surface area contributed by atoms with Gasteiger partial charge in [-0.15, -0.1) is 0 Å². The van der Waals surface area contributed by atoms with Crippen LogP contribution in [0.1, 0.15) is 39.5 Å². The average Bonchev–Trinajstić information content (AvgIpc) is 1.96. The Morgan fingerprint density at radius 1 is 1.08 bits per heavy atom. The van der Waals surface area contributed by atoms with E-state index in [0.29, 0.717) is 28.3 Å². The molecule has 0 aromatic heterocycles. The Kier molecular flexibility index (Phi) is 7.45. The topological polar surface area (TPSA) is 17.1 Å². The van der Waals surface area contributed by atoms with Crippen LogP contribution in [0.5, 0.6) is 0 Å². The van der Waals surface area contributed by atoms with E-state index in [9.17, 15) is 4.79 Å². The Morgan fingerprint density at radius 3 is 1.67 bits per heavy atom. The summed E-state index contributed by atoms with van der Waals surface area (Å²) in [6.07, 6.45) is 3.34. The van der Waals surface area contributed by atoms with Gasteiger partial charge in [0.2, 0.25) is 0 Å². The Labute approximate surface area is 91.6 Å². The highest BCUT2D eigenvalue weighted by atomic mass is 79.9. The fourth-order valence-electron chi connectivity index (χ4n) is 0.845. The number of rotatable bonds is 6. The van der Waals surface area contributed by atoms with Crippen molar-refractivity contribution in [3.63, 3.8) is 0 Å². The van der Waals surface area contributed by atoms with E-state index in [4.69, 9.17) is 0 Å². The lowest BCUT2D eigenvalue weighted by atomic mass is 10.1. The highest BCUT2D eigenvalue weighted by molar-refractivity contribution is 9.09. The Balaban J connectivity index is 3.34. The summed E-state index contributed by atoms with van der Waals surface area (Å²) >= 11 is 6.84. The van der Waals surface area contributed by atoms with Gasteiger partial charge in [0.1, 0.15) is 5.78 Å². The van der Waals surface area contributed by atoms with Gasteiger partial charge in [-0.3, -0.25) is 4.79 Å². The third-order valence-corrected chi connectivity index (χ3v) is 2.56. The maximum Gasteiger partial charge on any atom is 0.132 e. The zero-order valence-electron chi connectivity index (χ0n) is 7.65. The highest BCUT2D eigenvalue weighted by Crippen LogP contribution is 2.11. The molecule has 0 heterocycles. The van der Waals surface area contributed by atoms with Crippen molar-refractivity contribution in [3.05, 3.63) is 0 Å². The van der Waals surface area contributed by atoms with Crippen LogP contribution in [0.2, 0.25) is 0 Å². The van der Waals surface area contributed by atoms with Crippen LogP contribution < -0.4 is 0 Å². The van der Waals surface area contributed by atoms with E-state index in [2.05, 4.69) is 45.7 Å². The van der Waals surface area contributed by atoms with Gasteiger partial charge in [0.25, 0.3) is 0 Å². The Bertz CT molecular complexity index is 118. The van der Waals surface area contributed by atoms with Crippen LogP contribution in [-0.4, -0.2) is 15.4 Å². The molecular formula is C9H16Br2O. The molecular weight excluding hydrogens is 284 g/mol. The summed E-state index contributed by atoms with van der Waals surface area (Å²) in [4.78, 5) is 12.1. The minimum absolute atomic E-state index is 0.382. The normalized spacial score (nSPS) is 15.7. The zero-order valence-corrected chi connectivity index (χ0v) is 10.8. The van der Waals surface area contributed by atoms with Crippen LogP contribution in [-0.2, 0) is 4.79 Å². The van der Waals surface area contributed by atoms with E-state index in [1.165, 1.54) is 0 Å². The van der Waals surface area contributed by atoms with Gasteiger partial charge in [-0.05, 0) is 12.8 Å². The van der Waals surface area contributed by atoms with E-state index in [1.807, 2.05) is 0 Å². The number of halogens is 2. The molecule has 0 aliphatic rings. The molecule has 0 saturated heterocycles. The van der Waals surface area contributed by atoms with Crippen LogP contribution in [0.15, 0.2) is 0 Å². The number of hydrogen-bond acceptors (Lipinski definition) is 1. The predicted molar refractivity (Wildman–Crippen MR) is 60.3 cm³/mol. The van der Waals surface area contributed by atoms with Gasteiger partial charge < -0.3 is 0 Å². The molecule has 2 unspecified atom stereocenters. The molecule has 2 atom stereocenters. The fourth-order valence-corrected chi connectivity index (χ4v) is 1.30. The van der Waals surface area contributed by atoms with E-state index >= 15 is 0 Å². The van der Waals surface area contributed by atoms with Crippen molar-refractivity contribution >= 4 is 37.6 Å². The summed E-state index contributed by atoms with van der Waals surface area (Å²) in [5, 5.41) is 0. The van der Waals surface area contributed by atoms with Crippen LogP contribution in [0.4, 0.5) is 0 Å². The molecule has 0 bridgehead atoms. The zero-order chi connectivity index (χ0) is 9.56. The number of alkyl halides is 2.